The van der Waals surface area contributed by atoms with Gasteiger partial charge in [-0.2, -0.15) is 0 Å². The zero-order valence-corrected chi connectivity index (χ0v) is 12.6. The molecule has 1 aromatic carbocycles. The number of nitrogens with zero attached hydrogens (tertiary/aromatic N) is 1. The fraction of sp³-hybridized carbons (Fsp3) is 0.143. The zero-order chi connectivity index (χ0) is 14.7. The minimum absolute atomic E-state index is 0.361. The summed E-state index contributed by atoms with van der Waals surface area (Å²) in [6.07, 6.45) is 1.62. The molecule has 2 aromatic rings. The van der Waals surface area contributed by atoms with Crippen molar-refractivity contribution in [1.82, 2.24) is 4.98 Å². The molecule has 6 heteroatoms. The molecule has 0 aliphatic heterocycles. The Morgan fingerprint density at radius 2 is 2.05 bits per heavy atom. The molecule has 1 aromatic heterocycles. The Hall–Kier alpha value is -2.08. The predicted molar refractivity (Wildman–Crippen MR) is 79.7 cm³/mol. The van der Waals surface area contributed by atoms with Gasteiger partial charge in [0.05, 0.1) is 14.2 Å². The Morgan fingerprint density at radius 1 is 1.30 bits per heavy atom. The number of halogens is 1. The molecular weight excluding hydrogens is 324 g/mol. The largest absolute Gasteiger partial charge is 0.496 e. The second-order valence-corrected chi connectivity index (χ2v) is 4.91. The van der Waals surface area contributed by atoms with E-state index in [0.29, 0.717) is 17.1 Å². The summed E-state index contributed by atoms with van der Waals surface area (Å²) < 4.78 is 10.7. The van der Waals surface area contributed by atoms with E-state index in [-0.39, 0.29) is 0 Å². The number of nitrogens with two attached hydrogens (primary N) is 1. The van der Waals surface area contributed by atoms with E-state index >= 15 is 0 Å². The molecule has 20 heavy (non-hydrogen) atoms. The smallest absolute Gasteiger partial charge is 0.341 e. The van der Waals surface area contributed by atoms with E-state index in [1.54, 1.807) is 24.4 Å². The van der Waals surface area contributed by atoms with Gasteiger partial charge in [0.15, 0.2) is 0 Å². The molecule has 1 heterocycles. The van der Waals surface area contributed by atoms with Gasteiger partial charge >= 0.3 is 5.97 Å². The molecule has 0 radical (unpaired) electrons. The van der Waals surface area contributed by atoms with Gasteiger partial charge in [0, 0.05) is 16.2 Å². The average molecular weight is 337 g/mol. The first-order valence-corrected chi connectivity index (χ1v) is 6.54. The Morgan fingerprint density at radius 3 is 2.70 bits per heavy atom. The molecule has 0 bridgehead atoms. The molecule has 0 fully saturated rings. The minimum Gasteiger partial charge on any atom is -0.496 e. The molecule has 2 N–H and O–H groups in total. The molecule has 0 amide bonds. The number of pyridine rings is 1. The van der Waals surface area contributed by atoms with Crippen LogP contribution in [0.5, 0.6) is 5.75 Å². The van der Waals surface area contributed by atoms with Crippen LogP contribution in [0, 0.1) is 0 Å². The van der Waals surface area contributed by atoms with Gasteiger partial charge in [-0.1, -0.05) is 6.07 Å². The number of hydrogen-bond donors (Lipinski definition) is 1. The number of hydrogen-bond acceptors (Lipinski definition) is 5. The van der Waals surface area contributed by atoms with E-state index in [0.717, 1.165) is 15.6 Å². The van der Waals surface area contributed by atoms with Crippen molar-refractivity contribution in [3.05, 3.63) is 40.5 Å². The summed E-state index contributed by atoms with van der Waals surface area (Å²) in [4.78, 5) is 15.7. The highest BCUT2D eigenvalue weighted by molar-refractivity contribution is 9.10. The lowest BCUT2D eigenvalue weighted by molar-refractivity contribution is 0.0597. The Bertz CT molecular complexity index is 659. The number of anilines is 1. The maximum atomic E-state index is 11.6. The lowest BCUT2D eigenvalue weighted by Crippen LogP contribution is -2.04. The van der Waals surface area contributed by atoms with Crippen molar-refractivity contribution in [2.45, 2.75) is 0 Å². The highest BCUT2D eigenvalue weighted by atomic mass is 79.9. The van der Waals surface area contributed by atoms with Crippen molar-refractivity contribution < 1.29 is 14.3 Å². The van der Waals surface area contributed by atoms with E-state index in [1.165, 1.54) is 14.2 Å². The van der Waals surface area contributed by atoms with Crippen LogP contribution in [0.15, 0.2) is 34.9 Å². The molecule has 2 rings (SSSR count). The third-order valence-corrected chi connectivity index (χ3v) is 3.24. The molecule has 0 saturated carbocycles. The Labute approximate surface area is 124 Å². The van der Waals surface area contributed by atoms with E-state index in [2.05, 4.69) is 20.9 Å². The van der Waals surface area contributed by atoms with E-state index in [9.17, 15) is 4.79 Å². The van der Waals surface area contributed by atoms with Crippen LogP contribution in [0.1, 0.15) is 10.4 Å². The van der Waals surface area contributed by atoms with Crippen molar-refractivity contribution in [2.75, 3.05) is 20.0 Å². The topological polar surface area (TPSA) is 74.4 Å². The molecule has 0 atom stereocenters. The molecule has 0 spiro atoms. The monoisotopic (exact) mass is 336 g/mol. The van der Waals surface area contributed by atoms with Crippen molar-refractivity contribution in [2.24, 2.45) is 0 Å². The number of esters is 1. The van der Waals surface area contributed by atoms with Crippen molar-refractivity contribution in [3.8, 4) is 16.9 Å². The molecular formula is C14H13BrN2O3. The Kier molecular flexibility index (Phi) is 4.24. The number of ether oxygens (including phenoxy) is 2. The van der Waals surface area contributed by atoms with E-state index < -0.39 is 5.97 Å². The summed E-state index contributed by atoms with van der Waals surface area (Å²) in [6, 6.07) is 7.00. The SMILES string of the molecule is COC(=O)c1ccc(-c2cc(Br)cnc2N)cc1OC. The lowest BCUT2D eigenvalue weighted by Gasteiger charge is -2.10. The summed E-state index contributed by atoms with van der Waals surface area (Å²) in [5.74, 6) is 0.378. The summed E-state index contributed by atoms with van der Waals surface area (Å²) in [5, 5.41) is 0. The van der Waals surface area contributed by atoms with E-state index in [1.807, 2.05) is 6.07 Å². The van der Waals surface area contributed by atoms with E-state index in [4.69, 9.17) is 15.2 Å². The first kappa shape index (κ1) is 14.3. The number of carbonyl (C=O) groups excluding carboxylic acids is 1. The highest BCUT2D eigenvalue weighted by Gasteiger charge is 2.15. The van der Waals surface area contributed by atoms with Crippen molar-refractivity contribution in [3.63, 3.8) is 0 Å². The average Bonchev–Trinajstić information content (AvgIpc) is 2.48. The van der Waals surface area contributed by atoms with Gasteiger partial charge in [-0.15, -0.1) is 0 Å². The number of benzene rings is 1. The van der Waals surface area contributed by atoms with Crippen LogP contribution in [0.4, 0.5) is 5.82 Å². The molecule has 5 nitrogen and oxygen atoms in total. The second-order valence-electron chi connectivity index (χ2n) is 3.99. The third-order valence-electron chi connectivity index (χ3n) is 2.80. The molecule has 0 aliphatic rings. The van der Waals surface area contributed by atoms with Crippen LogP contribution in [0.2, 0.25) is 0 Å². The second kappa shape index (κ2) is 5.92. The van der Waals surface area contributed by atoms with Gasteiger partial charge in [0.1, 0.15) is 17.1 Å². The molecule has 104 valence electrons. The molecule has 0 saturated heterocycles. The first-order chi connectivity index (χ1) is 9.56. The van der Waals surface area contributed by atoms with Gasteiger partial charge in [-0.05, 0) is 39.7 Å². The van der Waals surface area contributed by atoms with Crippen molar-refractivity contribution >= 4 is 27.7 Å². The van der Waals surface area contributed by atoms with Crippen LogP contribution in [-0.4, -0.2) is 25.2 Å². The van der Waals surface area contributed by atoms with Crippen LogP contribution in [0.25, 0.3) is 11.1 Å². The summed E-state index contributed by atoms with van der Waals surface area (Å²) in [6.45, 7) is 0. The van der Waals surface area contributed by atoms with Gasteiger partial charge in [-0.3, -0.25) is 0 Å². The zero-order valence-electron chi connectivity index (χ0n) is 11.0. The number of rotatable bonds is 3. The molecule has 0 aliphatic carbocycles. The number of methoxy groups -OCH3 is 2. The van der Waals surface area contributed by atoms with Crippen LogP contribution >= 0.6 is 15.9 Å². The maximum Gasteiger partial charge on any atom is 0.341 e. The highest BCUT2D eigenvalue weighted by Crippen LogP contribution is 2.31. The van der Waals surface area contributed by atoms with Gasteiger partial charge in [0.2, 0.25) is 0 Å². The number of carbonyl (C=O) groups is 1. The number of aromatic nitrogens is 1. The Balaban J connectivity index is 2.54. The summed E-state index contributed by atoms with van der Waals surface area (Å²) in [7, 11) is 2.82. The fourth-order valence-corrected chi connectivity index (χ4v) is 2.15. The fourth-order valence-electron chi connectivity index (χ4n) is 1.82. The third kappa shape index (κ3) is 2.75. The van der Waals surface area contributed by atoms with Crippen molar-refractivity contribution in [1.29, 1.82) is 0 Å². The van der Waals surface area contributed by atoms with Gasteiger partial charge in [-0.25, -0.2) is 9.78 Å². The van der Waals surface area contributed by atoms with Gasteiger partial charge < -0.3 is 15.2 Å². The first-order valence-electron chi connectivity index (χ1n) is 5.74. The normalized spacial score (nSPS) is 10.2. The minimum atomic E-state index is -0.450. The predicted octanol–water partition coefficient (Wildman–Crippen LogP) is 2.89. The summed E-state index contributed by atoms with van der Waals surface area (Å²) >= 11 is 3.35. The summed E-state index contributed by atoms with van der Waals surface area (Å²) in [5.41, 5.74) is 7.80. The van der Waals surface area contributed by atoms with Crippen LogP contribution < -0.4 is 10.5 Å². The maximum absolute atomic E-state index is 11.6. The molecule has 0 unspecified atom stereocenters. The van der Waals surface area contributed by atoms with Gasteiger partial charge in [0.25, 0.3) is 0 Å². The van der Waals surface area contributed by atoms with Crippen LogP contribution in [0.3, 0.4) is 0 Å². The quantitative estimate of drug-likeness (QED) is 0.872. The number of nitrogen functional groups attached to an aromatic ring is 1. The lowest BCUT2D eigenvalue weighted by atomic mass is 10.0. The van der Waals surface area contributed by atoms with Crippen LogP contribution in [-0.2, 0) is 4.74 Å². The standard InChI is InChI=1S/C14H13BrN2O3/c1-19-12-5-8(3-4-10(12)14(18)20-2)11-6-9(15)7-17-13(11)16/h3-7H,1-2H3,(H2,16,17).